The summed E-state index contributed by atoms with van der Waals surface area (Å²) in [5.41, 5.74) is 1.09. The molecule has 1 heterocycles. The number of Topliss-reactive ketones (excluding diaryl/α,β-unsaturated/α-hetero) is 1. The van der Waals surface area contributed by atoms with E-state index in [2.05, 4.69) is 0 Å². The minimum absolute atomic E-state index is 0.0397. The van der Waals surface area contributed by atoms with Gasteiger partial charge in [-0.1, -0.05) is 25.1 Å². The number of ether oxygens (including phenoxy) is 3. The summed E-state index contributed by atoms with van der Waals surface area (Å²) in [4.78, 5) is 27.3. The quantitative estimate of drug-likeness (QED) is 0.392. The monoisotopic (exact) mass is 425 g/mol. The van der Waals surface area contributed by atoms with Gasteiger partial charge < -0.3 is 24.2 Å². The smallest absolute Gasteiger partial charge is 0.295 e. The Bertz CT molecular complexity index is 1010. The summed E-state index contributed by atoms with van der Waals surface area (Å²) in [7, 11) is 3.05. The number of rotatable bonds is 8. The molecule has 1 unspecified atom stereocenters. The lowest BCUT2D eigenvalue weighted by atomic mass is 9.95. The molecule has 1 saturated heterocycles. The lowest BCUT2D eigenvalue weighted by Gasteiger charge is -2.25. The van der Waals surface area contributed by atoms with Crippen LogP contribution in [0.1, 0.15) is 37.4 Å². The lowest BCUT2D eigenvalue weighted by molar-refractivity contribution is -0.139. The molecule has 7 heteroatoms. The van der Waals surface area contributed by atoms with E-state index in [1.54, 1.807) is 42.5 Å². The van der Waals surface area contributed by atoms with E-state index in [-0.39, 0.29) is 11.3 Å². The van der Waals surface area contributed by atoms with Crippen molar-refractivity contribution in [3.8, 4) is 17.2 Å². The van der Waals surface area contributed by atoms with Crippen molar-refractivity contribution in [2.24, 2.45) is 0 Å². The van der Waals surface area contributed by atoms with E-state index in [1.807, 2.05) is 13.8 Å². The van der Waals surface area contributed by atoms with Crippen LogP contribution in [0.25, 0.3) is 5.76 Å². The maximum atomic E-state index is 13.0. The molecule has 2 aromatic rings. The van der Waals surface area contributed by atoms with Gasteiger partial charge in [-0.15, -0.1) is 0 Å². The molecule has 1 fully saturated rings. The largest absolute Gasteiger partial charge is 0.507 e. The molecule has 0 bridgehead atoms. The van der Waals surface area contributed by atoms with Crippen LogP contribution in [-0.4, -0.2) is 49.1 Å². The number of nitrogens with zero attached hydrogens (tertiary/aromatic N) is 1. The fourth-order valence-electron chi connectivity index (χ4n) is 3.75. The molecule has 2 aromatic carbocycles. The van der Waals surface area contributed by atoms with Crippen LogP contribution in [0.15, 0.2) is 48.0 Å². The predicted octanol–water partition coefficient (Wildman–Crippen LogP) is 3.93. The van der Waals surface area contributed by atoms with Gasteiger partial charge in [-0.2, -0.15) is 0 Å². The summed E-state index contributed by atoms with van der Waals surface area (Å²) in [6, 6.07) is 11.3. The van der Waals surface area contributed by atoms with Gasteiger partial charge in [0.05, 0.1) is 32.4 Å². The van der Waals surface area contributed by atoms with Crippen LogP contribution in [0, 0.1) is 0 Å². The van der Waals surface area contributed by atoms with Crippen molar-refractivity contribution in [1.29, 1.82) is 0 Å². The van der Waals surface area contributed by atoms with Gasteiger partial charge in [0, 0.05) is 12.1 Å². The fourth-order valence-corrected chi connectivity index (χ4v) is 3.75. The third-order valence-corrected chi connectivity index (χ3v) is 5.15. The Labute approximate surface area is 181 Å². The first kappa shape index (κ1) is 22.2. The first-order valence-electron chi connectivity index (χ1n) is 10.2. The maximum absolute atomic E-state index is 13.0. The molecule has 1 aliphatic rings. The highest BCUT2D eigenvalue weighted by Gasteiger charge is 2.45. The zero-order chi connectivity index (χ0) is 22.5. The minimum atomic E-state index is -0.740. The van der Waals surface area contributed by atoms with Crippen molar-refractivity contribution in [2.75, 3.05) is 27.4 Å². The second-order valence-corrected chi connectivity index (χ2v) is 7.07. The second-order valence-electron chi connectivity index (χ2n) is 7.07. The third-order valence-electron chi connectivity index (χ3n) is 5.15. The Morgan fingerprint density at radius 2 is 1.81 bits per heavy atom. The van der Waals surface area contributed by atoms with Gasteiger partial charge in [-0.05, 0) is 43.2 Å². The molecule has 3 rings (SSSR count). The van der Waals surface area contributed by atoms with Crippen LogP contribution in [0.5, 0.6) is 17.2 Å². The molecule has 1 amide bonds. The summed E-state index contributed by atoms with van der Waals surface area (Å²) >= 11 is 0. The third kappa shape index (κ3) is 4.21. The summed E-state index contributed by atoms with van der Waals surface area (Å²) in [5, 5.41) is 11.1. The van der Waals surface area contributed by atoms with Gasteiger partial charge in [0.1, 0.15) is 11.5 Å². The van der Waals surface area contributed by atoms with Gasteiger partial charge in [0.2, 0.25) is 0 Å². The number of carbonyl (C=O) groups is 2. The van der Waals surface area contributed by atoms with Crippen LogP contribution < -0.4 is 14.2 Å². The Morgan fingerprint density at radius 3 is 2.45 bits per heavy atom. The molecule has 0 radical (unpaired) electrons. The van der Waals surface area contributed by atoms with Crippen molar-refractivity contribution in [2.45, 2.75) is 26.3 Å². The zero-order valence-electron chi connectivity index (χ0n) is 18.2. The Kier molecular flexibility index (Phi) is 6.84. The van der Waals surface area contributed by atoms with Crippen LogP contribution in [0.4, 0.5) is 0 Å². The van der Waals surface area contributed by atoms with Gasteiger partial charge in [0.25, 0.3) is 11.7 Å². The topological polar surface area (TPSA) is 85.3 Å². The summed E-state index contributed by atoms with van der Waals surface area (Å²) in [5.74, 6) is -0.00703. The van der Waals surface area contributed by atoms with Crippen molar-refractivity contribution in [3.05, 3.63) is 59.2 Å². The number of aliphatic hydroxyl groups excluding tert-OH is 1. The molecule has 1 N–H and O–H groups in total. The van der Waals surface area contributed by atoms with E-state index >= 15 is 0 Å². The Hall–Kier alpha value is -3.48. The van der Waals surface area contributed by atoms with E-state index in [0.717, 1.165) is 0 Å². The highest BCUT2D eigenvalue weighted by molar-refractivity contribution is 6.46. The number of benzene rings is 2. The number of amides is 1. The standard InChI is InChI=1S/C24H27NO6/c1-5-12-25-21(15-10-11-18(31-6-2)19(14-15)30-4)20(23(27)24(25)28)22(26)16-8-7-9-17(13-16)29-3/h7-11,13-14,21,26H,5-6,12H2,1-4H3/b22-20-. The summed E-state index contributed by atoms with van der Waals surface area (Å²) in [6.07, 6.45) is 0.664. The van der Waals surface area contributed by atoms with E-state index < -0.39 is 17.7 Å². The number of likely N-dealkylation sites (tertiary alicyclic amines) is 1. The molecule has 1 aliphatic heterocycles. The van der Waals surface area contributed by atoms with E-state index in [1.165, 1.54) is 19.1 Å². The number of hydrogen-bond donors (Lipinski definition) is 1. The summed E-state index contributed by atoms with van der Waals surface area (Å²) in [6.45, 7) is 4.65. The number of hydrogen-bond acceptors (Lipinski definition) is 6. The minimum Gasteiger partial charge on any atom is -0.507 e. The SMILES string of the molecule is CCCN1C(=O)C(=O)/C(=C(\O)c2cccc(OC)c2)C1c1ccc(OCC)c(OC)c1. The van der Waals surface area contributed by atoms with Crippen molar-refractivity contribution >= 4 is 17.4 Å². The van der Waals surface area contributed by atoms with Gasteiger partial charge in [-0.3, -0.25) is 9.59 Å². The van der Waals surface area contributed by atoms with Crippen molar-refractivity contribution in [1.82, 2.24) is 4.90 Å². The molecule has 0 aliphatic carbocycles. The molecule has 31 heavy (non-hydrogen) atoms. The first-order valence-corrected chi connectivity index (χ1v) is 10.2. The maximum Gasteiger partial charge on any atom is 0.295 e. The number of carbonyl (C=O) groups excluding carboxylic acids is 2. The summed E-state index contributed by atoms with van der Waals surface area (Å²) < 4.78 is 16.3. The Balaban J connectivity index is 2.19. The second kappa shape index (κ2) is 9.55. The van der Waals surface area contributed by atoms with Crippen LogP contribution >= 0.6 is 0 Å². The molecular formula is C24H27NO6. The molecule has 0 aromatic heterocycles. The molecule has 164 valence electrons. The Morgan fingerprint density at radius 1 is 1.03 bits per heavy atom. The van der Waals surface area contributed by atoms with Crippen molar-refractivity contribution in [3.63, 3.8) is 0 Å². The lowest BCUT2D eigenvalue weighted by Crippen LogP contribution is -2.30. The van der Waals surface area contributed by atoms with Crippen LogP contribution in [-0.2, 0) is 9.59 Å². The van der Waals surface area contributed by atoms with E-state index in [4.69, 9.17) is 14.2 Å². The molecule has 7 nitrogen and oxygen atoms in total. The van der Waals surface area contributed by atoms with Crippen LogP contribution in [0.3, 0.4) is 0 Å². The molecule has 0 spiro atoms. The predicted molar refractivity (Wildman–Crippen MR) is 116 cm³/mol. The highest BCUT2D eigenvalue weighted by Crippen LogP contribution is 2.42. The number of aliphatic hydroxyl groups is 1. The van der Waals surface area contributed by atoms with Gasteiger partial charge in [0.15, 0.2) is 11.5 Å². The molecule has 0 saturated carbocycles. The zero-order valence-corrected chi connectivity index (χ0v) is 18.2. The van der Waals surface area contributed by atoms with E-state index in [9.17, 15) is 14.7 Å². The highest BCUT2D eigenvalue weighted by atomic mass is 16.5. The molecule has 1 atom stereocenters. The van der Waals surface area contributed by atoms with Crippen molar-refractivity contribution < 1.29 is 28.9 Å². The van der Waals surface area contributed by atoms with E-state index in [0.29, 0.717) is 47.9 Å². The number of methoxy groups -OCH3 is 2. The normalized spacial score (nSPS) is 17.7. The fraction of sp³-hybridized carbons (Fsp3) is 0.333. The molecular weight excluding hydrogens is 398 g/mol. The average Bonchev–Trinajstić information content (AvgIpc) is 3.04. The van der Waals surface area contributed by atoms with Crippen LogP contribution in [0.2, 0.25) is 0 Å². The average molecular weight is 425 g/mol. The first-order chi connectivity index (χ1) is 15.0. The van der Waals surface area contributed by atoms with Gasteiger partial charge >= 0.3 is 0 Å². The van der Waals surface area contributed by atoms with Gasteiger partial charge in [-0.25, -0.2) is 0 Å². The number of ketones is 1.